The molecule has 1 aliphatic heterocycles. The molecule has 0 aromatic heterocycles. The third kappa shape index (κ3) is 4.98. The highest BCUT2D eigenvalue weighted by Gasteiger charge is 2.53. The van der Waals surface area contributed by atoms with Crippen LogP contribution < -0.4 is 4.74 Å². The molecule has 1 heterocycles. The van der Waals surface area contributed by atoms with Gasteiger partial charge in [0, 0.05) is 50.0 Å². The van der Waals surface area contributed by atoms with Crippen molar-refractivity contribution in [2.24, 2.45) is 5.92 Å². The lowest BCUT2D eigenvalue weighted by Crippen LogP contribution is -2.61. The summed E-state index contributed by atoms with van der Waals surface area (Å²) in [5.74, 6) is 0.0941. The second-order valence-corrected chi connectivity index (χ2v) is 10.8. The molecule has 2 aliphatic rings. The minimum absolute atomic E-state index is 0.0100. The van der Waals surface area contributed by atoms with E-state index in [0.29, 0.717) is 17.7 Å². The first-order valence-corrected chi connectivity index (χ1v) is 13.4. The highest BCUT2D eigenvalue weighted by atomic mass is 16.5. The summed E-state index contributed by atoms with van der Waals surface area (Å²) in [6, 6.07) is 21.4. The number of esters is 1. The molecule has 0 bridgehead atoms. The Hall–Kier alpha value is -3.48. The van der Waals surface area contributed by atoms with Crippen LogP contribution >= 0.6 is 0 Å². The Balaban J connectivity index is 1.48. The van der Waals surface area contributed by atoms with Crippen molar-refractivity contribution in [3.8, 4) is 5.75 Å². The Morgan fingerprint density at radius 1 is 1.13 bits per heavy atom. The van der Waals surface area contributed by atoms with Crippen molar-refractivity contribution in [1.82, 2.24) is 9.80 Å². The standard InChI is InChI=1S/C32H36N2O4/c1-4-15-34-16-14-32(26-10-7-11-28(18-26)38-22(2)35)20-27(19-30(36)29(32)21-34)33(3)31(37)25-13-12-23-8-5-6-9-24(23)17-25/h4-13,17-18,27,29-30,36H,1,14-16,19-21H2,2-3H3/t27-,29-,30?,32-/m0/s1. The zero-order chi connectivity index (χ0) is 26.9. The number of rotatable bonds is 6. The van der Waals surface area contributed by atoms with Crippen LogP contribution in [0.3, 0.4) is 0 Å². The molecule has 1 amide bonds. The smallest absolute Gasteiger partial charge is 0.308 e. The average Bonchev–Trinajstić information content (AvgIpc) is 2.92. The first-order chi connectivity index (χ1) is 18.3. The number of aliphatic hydroxyl groups excluding tert-OH is 1. The number of piperidine rings is 1. The second kappa shape index (κ2) is 10.7. The topological polar surface area (TPSA) is 70.1 Å². The molecule has 2 fully saturated rings. The summed E-state index contributed by atoms with van der Waals surface area (Å²) in [7, 11) is 1.85. The van der Waals surface area contributed by atoms with Crippen molar-refractivity contribution in [2.45, 2.75) is 43.7 Å². The van der Waals surface area contributed by atoms with Crippen LogP contribution in [0.2, 0.25) is 0 Å². The van der Waals surface area contributed by atoms with Gasteiger partial charge in [0.15, 0.2) is 0 Å². The van der Waals surface area contributed by atoms with Crippen LogP contribution in [0.1, 0.15) is 42.1 Å². The fraction of sp³-hybridized carbons (Fsp3) is 0.375. The predicted molar refractivity (Wildman–Crippen MR) is 149 cm³/mol. The fourth-order valence-electron chi connectivity index (χ4n) is 6.62. The van der Waals surface area contributed by atoms with Crippen molar-refractivity contribution in [1.29, 1.82) is 0 Å². The molecule has 1 unspecified atom stereocenters. The van der Waals surface area contributed by atoms with Gasteiger partial charge in [0.1, 0.15) is 5.75 Å². The third-order valence-electron chi connectivity index (χ3n) is 8.54. The molecule has 3 aromatic rings. The van der Waals surface area contributed by atoms with Crippen LogP contribution in [-0.2, 0) is 10.2 Å². The van der Waals surface area contributed by atoms with Crippen LogP contribution in [-0.4, -0.2) is 65.6 Å². The molecule has 38 heavy (non-hydrogen) atoms. The monoisotopic (exact) mass is 512 g/mol. The molecule has 1 saturated heterocycles. The molecule has 198 valence electrons. The highest BCUT2D eigenvalue weighted by Crippen LogP contribution is 2.50. The van der Waals surface area contributed by atoms with E-state index in [-0.39, 0.29) is 29.3 Å². The van der Waals surface area contributed by atoms with Crippen molar-refractivity contribution < 1.29 is 19.4 Å². The van der Waals surface area contributed by atoms with Crippen molar-refractivity contribution in [3.05, 3.63) is 90.5 Å². The average molecular weight is 513 g/mol. The largest absolute Gasteiger partial charge is 0.427 e. The fourth-order valence-corrected chi connectivity index (χ4v) is 6.62. The van der Waals surface area contributed by atoms with Gasteiger partial charge in [0.05, 0.1) is 6.10 Å². The lowest BCUT2D eigenvalue weighted by Gasteiger charge is -2.56. The Labute approximate surface area is 224 Å². The quantitative estimate of drug-likeness (QED) is 0.292. The van der Waals surface area contributed by atoms with Crippen LogP contribution in [0.4, 0.5) is 0 Å². The van der Waals surface area contributed by atoms with Gasteiger partial charge in [0.25, 0.3) is 5.91 Å². The zero-order valence-corrected chi connectivity index (χ0v) is 22.2. The van der Waals surface area contributed by atoms with Crippen LogP contribution in [0.5, 0.6) is 5.75 Å². The van der Waals surface area contributed by atoms with Gasteiger partial charge in [-0.1, -0.05) is 48.5 Å². The van der Waals surface area contributed by atoms with E-state index in [1.807, 2.05) is 72.6 Å². The highest BCUT2D eigenvalue weighted by molar-refractivity contribution is 5.98. The number of aliphatic hydroxyl groups is 1. The van der Waals surface area contributed by atoms with Crippen molar-refractivity contribution >= 4 is 22.6 Å². The second-order valence-electron chi connectivity index (χ2n) is 10.8. The number of carbonyl (C=O) groups is 2. The Bertz CT molecular complexity index is 1350. The number of fused-ring (bicyclic) bond motifs is 2. The normalized spacial score (nSPS) is 25.4. The van der Waals surface area contributed by atoms with E-state index in [0.717, 1.165) is 48.8 Å². The number of amides is 1. The van der Waals surface area contributed by atoms with Gasteiger partial charge in [-0.15, -0.1) is 6.58 Å². The number of likely N-dealkylation sites (tertiary alicyclic amines) is 1. The molecular formula is C32H36N2O4. The maximum Gasteiger partial charge on any atom is 0.308 e. The first kappa shape index (κ1) is 26.1. The maximum atomic E-state index is 13.7. The number of hydrogen-bond acceptors (Lipinski definition) is 5. The van der Waals surface area contributed by atoms with Gasteiger partial charge < -0.3 is 14.7 Å². The SMILES string of the molecule is C=CCN1CC[C@@]2(c3cccc(OC(C)=O)c3)C[C@@H](N(C)C(=O)c3ccc4ccccc4c3)CC(O)[C@@H]2C1. The summed E-state index contributed by atoms with van der Waals surface area (Å²) in [5.41, 5.74) is 1.35. The van der Waals surface area contributed by atoms with Gasteiger partial charge in [-0.3, -0.25) is 14.5 Å². The van der Waals surface area contributed by atoms with E-state index >= 15 is 0 Å². The number of nitrogens with zero attached hydrogens (tertiary/aromatic N) is 2. The number of hydrogen-bond donors (Lipinski definition) is 1. The third-order valence-corrected chi connectivity index (χ3v) is 8.54. The van der Waals surface area contributed by atoms with E-state index in [4.69, 9.17) is 4.74 Å². The Kier molecular flexibility index (Phi) is 7.37. The van der Waals surface area contributed by atoms with Crippen molar-refractivity contribution in [3.63, 3.8) is 0 Å². The molecule has 6 heteroatoms. The summed E-state index contributed by atoms with van der Waals surface area (Å²) in [6.45, 7) is 7.68. The number of ether oxygens (including phenoxy) is 1. The van der Waals surface area contributed by atoms with Gasteiger partial charge >= 0.3 is 5.97 Å². The summed E-state index contributed by atoms with van der Waals surface area (Å²) < 4.78 is 5.42. The molecule has 3 aromatic carbocycles. The van der Waals surface area contributed by atoms with Crippen LogP contribution in [0.15, 0.2) is 79.4 Å². The number of carbonyl (C=O) groups excluding carboxylic acids is 2. The minimum atomic E-state index is -0.578. The van der Waals surface area contributed by atoms with E-state index in [2.05, 4.69) is 17.5 Å². The van der Waals surface area contributed by atoms with Gasteiger partial charge in [-0.25, -0.2) is 0 Å². The van der Waals surface area contributed by atoms with Crippen molar-refractivity contribution in [2.75, 3.05) is 26.7 Å². The van der Waals surface area contributed by atoms with Crippen LogP contribution in [0, 0.1) is 5.92 Å². The maximum absolute atomic E-state index is 13.7. The summed E-state index contributed by atoms with van der Waals surface area (Å²) in [4.78, 5) is 29.5. The Morgan fingerprint density at radius 3 is 2.68 bits per heavy atom. The molecule has 5 rings (SSSR count). The van der Waals surface area contributed by atoms with Gasteiger partial charge in [-0.05, 0) is 66.4 Å². The van der Waals surface area contributed by atoms with E-state index in [9.17, 15) is 14.7 Å². The Morgan fingerprint density at radius 2 is 1.92 bits per heavy atom. The molecular weight excluding hydrogens is 476 g/mol. The van der Waals surface area contributed by atoms with Gasteiger partial charge in [-0.2, -0.15) is 0 Å². The molecule has 0 spiro atoms. The van der Waals surface area contributed by atoms with Crippen LogP contribution in [0.25, 0.3) is 10.8 Å². The molecule has 0 radical (unpaired) electrons. The van der Waals surface area contributed by atoms with E-state index in [1.165, 1.54) is 6.92 Å². The lowest BCUT2D eigenvalue weighted by atomic mass is 9.56. The van der Waals surface area contributed by atoms with E-state index in [1.54, 1.807) is 6.07 Å². The summed E-state index contributed by atoms with van der Waals surface area (Å²) >= 11 is 0. The molecule has 1 aliphatic carbocycles. The summed E-state index contributed by atoms with van der Waals surface area (Å²) in [5, 5.41) is 13.7. The predicted octanol–water partition coefficient (Wildman–Crippen LogP) is 4.81. The first-order valence-electron chi connectivity index (χ1n) is 13.4. The van der Waals surface area contributed by atoms with E-state index < -0.39 is 6.10 Å². The molecule has 1 saturated carbocycles. The molecule has 4 atom stereocenters. The summed E-state index contributed by atoms with van der Waals surface area (Å²) in [6.07, 6.45) is 3.41. The number of benzene rings is 3. The molecule has 1 N–H and O–H groups in total. The zero-order valence-electron chi connectivity index (χ0n) is 22.2. The van der Waals surface area contributed by atoms with Gasteiger partial charge in [0.2, 0.25) is 0 Å². The molecule has 6 nitrogen and oxygen atoms in total. The lowest BCUT2D eigenvalue weighted by molar-refractivity contribution is -0.131. The minimum Gasteiger partial charge on any atom is -0.427 e.